The second-order valence-electron chi connectivity index (χ2n) is 5.53. The van der Waals surface area contributed by atoms with Gasteiger partial charge in [-0.05, 0) is 36.4 Å². The van der Waals surface area contributed by atoms with E-state index in [1.807, 2.05) is 24.3 Å². The summed E-state index contributed by atoms with van der Waals surface area (Å²) >= 11 is 3.48. The standard InChI is InChI=1S/C17H11BrF3N3O.H2O/c18-13-9-15-16(25)23(11-7-5-10(6-8-11)17(19,20)21)22-24(15)14-4-2-1-3-12(13)14;/h1-9,22,25H;1H2. The van der Waals surface area contributed by atoms with Gasteiger partial charge in [-0.25, -0.2) is 5.01 Å². The summed E-state index contributed by atoms with van der Waals surface area (Å²) in [6.07, 6.45) is -2.66. The quantitative estimate of drug-likeness (QED) is 0.718. The van der Waals surface area contributed by atoms with Crippen LogP contribution in [0.15, 0.2) is 66.2 Å². The maximum Gasteiger partial charge on any atom is 0.416 e. The molecule has 0 aliphatic carbocycles. The number of halogens is 4. The van der Waals surface area contributed by atoms with E-state index >= 15 is 0 Å². The van der Waals surface area contributed by atoms with E-state index in [1.54, 1.807) is 11.1 Å². The summed E-state index contributed by atoms with van der Waals surface area (Å²) in [5, 5.41) is 13.5. The van der Waals surface area contributed by atoms with Crippen LogP contribution in [0.4, 0.5) is 24.5 Å². The monoisotopic (exact) mass is 427 g/mol. The lowest BCUT2D eigenvalue weighted by atomic mass is 10.1. The molecule has 2 aliphatic rings. The van der Waals surface area contributed by atoms with E-state index < -0.39 is 11.7 Å². The van der Waals surface area contributed by atoms with E-state index in [-0.39, 0.29) is 11.4 Å². The van der Waals surface area contributed by atoms with Crippen molar-refractivity contribution in [2.24, 2.45) is 0 Å². The van der Waals surface area contributed by atoms with Gasteiger partial charge in [-0.3, -0.25) is 5.01 Å². The van der Waals surface area contributed by atoms with Crippen LogP contribution in [-0.4, -0.2) is 10.6 Å². The van der Waals surface area contributed by atoms with E-state index in [0.29, 0.717) is 11.4 Å². The number of allylic oxidation sites excluding steroid dienone is 1. The van der Waals surface area contributed by atoms with E-state index in [0.717, 1.165) is 27.9 Å². The normalized spacial score (nSPS) is 16.1. The molecule has 0 spiro atoms. The van der Waals surface area contributed by atoms with Crippen molar-refractivity contribution in [3.63, 3.8) is 0 Å². The molecule has 0 amide bonds. The first-order chi connectivity index (χ1) is 11.9. The number of benzene rings is 2. The molecule has 5 nitrogen and oxygen atoms in total. The molecule has 0 aromatic heterocycles. The van der Waals surface area contributed by atoms with Gasteiger partial charge in [0, 0.05) is 10.0 Å². The number of hydrogen-bond acceptors (Lipinski definition) is 4. The molecule has 4 N–H and O–H groups in total. The Kier molecular flexibility index (Phi) is 4.47. The molecule has 136 valence electrons. The first-order valence-corrected chi connectivity index (χ1v) is 8.09. The van der Waals surface area contributed by atoms with Crippen molar-refractivity contribution >= 4 is 31.8 Å². The lowest BCUT2D eigenvalue weighted by Gasteiger charge is -2.28. The molecule has 0 bridgehead atoms. The molecule has 0 atom stereocenters. The second kappa shape index (κ2) is 6.35. The minimum atomic E-state index is -4.40. The lowest BCUT2D eigenvalue weighted by Crippen LogP contribution is -2.42. The predicted molar refractivity (Wildman–Crippen MR) is 96.2 cm³/mol. The van der Waals surface area contributed by atoms with Crippen LogP contribution in [0.1, 0.15) is 11.1 Å². The fraction of sp³-hybridized carbons (Fsp3) is 0.0588. The van der Waals surface area contributed by atoms with Crippen molar-refractivity contribution in [3.05, 3.63) is 77.3 Å². The molecular formula is C17H13BrF3N3O2. The van der Waals surface area contributed by atoms with Crippen molar-refractivity contribution in [1.29, 1.82) is 0 Å². The summed E-state index contributed by atoms with van der Waals surface area (Å²) in [4.78, 5) is 0. The highest BCUT2D eigenvalue weighted by atomic mass is 79.9. The highest BCUT2D eigenvalue weighted by Crippen LogP contribution is 2.41. The van der Waals surface area contributed by atoms with Crippen LogP contribution in [-0.2, 0) is 6.18 Å². The van der Waals surface area contributed by atoms with Crippen LogP contribution >= 0.6 is 15.9 Å². The third-order valence-electron chi connectivity index (χ3n) is 4.00. The van der Waals surface area contributed by atoms with Gasteiger partial charge in [0.05, 0.1) is 16.9 Å². The van der Waals surface area contributed by atoms with Gasteiger partial charge in [-0.15, -0.1) is 5.53 Å². The zero-order valence-electron chi connectivity index (χ0n) is 13.0. The number of hydrogen-bond donors (Lipinski definition) is 2. The molecule has 0 radical (unpaired) electrons. The molecule has 0 fully saturated rings. The van der Waals surface area contributed by atoms with E-state index in [9.17, 15) is 18.3 Å². The number of para-hydroxylation sites is 1. The number of alkyl halides is 3. The van der Waals surface area contributed by atoms with Crippen LogP contribution in [0.5, 0.6) is 0 Å². The van der Waals surface area contributed by atoms with Crippen molar-refractivity contribution in [2.75, 3.05) is 10.0 Å². The molecular weight excluding hydrogens is 415 g/mol. The van der Waals surface area contributed by atoms with Gasteiger partial charge < -0.3 is 10.6 Å². The van der Waals surface area contributed by atoms with E-state index in [2.05, 4.69) is 21.5 Å². The number of fused-ring (bicyclic) bond motifs is 3. The van der Waals surface area contributed by atoms with Crippen LogP contribution < -0.4 is 15.6 Å². The zero-order valence-corrected chi connectivity index (χ0v) is 14.6. The third kappa shape index (κ3) is 2.83. The van der Waals surface area contributed by atoms with Crippen LogP contribution in [0.25, 0.3) is 4.48 Å². The van der Waals surface area contributed by atoms with E-state index in [1.165, 1.54) is 17.1 Å². The smallest absolute Gasteiger partial charge is 0.416 e. The number of nitrogens with zero attached hydrogens (tertiary/aromatic N) is 2. The van der Waals surface area contributed by atoms with Gasteiger partial charge in [0.25, 0.3) is 0 Å². The van der Waals surface area contributed by atoms with Gasteiger partial charge >= 0.3 is 6.18 Å². The third-order valence-corrected chi connectivity index (χ3v) is 4.66. The Morgan fingerprint density at radius 3 is 2.27 bits per heavy atom. The summed E-state index contributed by atoms with van der Waals surface area (Å²) in [5.41, 5.74) is 4.87. The summed E-state index contributed by atoms with van der Waals surface area (Å²) in [5.74, 6) is -0.105. The Bertz CT molecular complexity index is 910. The van der Waals surface area contributed by atoms with Crippen LogP contribution in [0, 0.1) is 0 Å². The topological polar surface area (TPSA) is 70.2 Å². The molecule has 26 heavy (non-hydrogen) atoms. The number of aliphatic hydroxyl groups excluding tert-OH is 1. The molecule has 0 saturated carbocycles. The van der Waals surface area contributed by atoms with Gasteiger partial charge in [-0.2, -0.15) is 13.2 Å². The molecule has 2 heterocycles. The predicted octanol–water partition coefficient (Wildman–Crippen LogP) is 4.10. The molecule has 0 unspecified atom stereocenters. The second-order valence-corrected chi connectivity index (χ2v) is 6.39. The van der Waals surface area contributed by atoms with Crippen molar-refractivity contribution in [1.82, 2.24) is 5.53 Å². The number of rotatable bonds is 1. The summed E-state index contributed by atoms with van der Waals surface area (Å²) in [6, 6.07) is 12.1. The summed E-state index contributed by atoms with van der Waals surface area (Å²) in [7, 11) is 0. The average molecular weight is 428 g/mol. The first-order valence-electron chi connectivity index (χ1n) is 7.30. The zero-order chi connectivity index (χ0) is 17.8. The number of anilines is 2. The molecule has 2 aromatic rings. The molecule has 0 saturated heterocycles. The number of aliphatic hydroxyl groups is 1. The fourth-order valence-electron chi connectivity index (χ4n) is 2.78. The average Bonchev–Trinajstić information content (AvgIpc) is 2.92. The Labute approximate surface area is 155 Å². The molecule has 2 aromatic carbocycles. The van der Waals surface area contributed by atoms with Gasteiger partial charge in [0.15, 0.2) is 0 Å². The van der Waals surface area contributed by atoms with Crippen LogP contribution in [0.3, 0.4) is 0 Å². The number of nitrogens with one attached hydrogen (secondary N) is 1. The maximum absolute atomic E-state index is 12.7. The minimum absolute atomic E-state index is 0. The SMILES string of the molecule is O.OC1=C2C=C(Br)c3ccccc3N2NN1c1ccc(C(F)(F)F)cc1. The van der Waals surface area contributed by atoms with Gasteiger partial charge in [-0.1, -0.05) is 34.1 Å². The largest absolute Gasteiger partial charge is 0.492 e. The highest BCUT2D eigenvalue weighted by Gasteiger charge is 2.35. The molecule has 4 rings (SSSR count). The Balaban J connectivity index is 0.00000196. The summed E-state index contributed by atoms with van der Waals surface area (Å²) in [6.45, 7) is 0. The maximum atomic E-state index is 12.7. The summed E-state index contributed by atoms with van der Waals surface area (Å²) < 4.78 is 38.9. The fourth-order valence-corrected chi connectivity index (χ4v) is 3.33. The van der Waals surface area contributed by atoms with Gasteiger partial charge in [0.2, 0.25) is 5.88 Å². The van der Waals surface area contributed by atoms with Crippen molar-refractivity contribution < 1.29 is 23.8 Å². The lowest BCUT2D eigenvalue weighted by molar-refractivity contribution is -0.137. The van der Waals surface area contributed by atoms with Crippen molar-refractivity contribution in [3.8, 4) is 0 Å². The van der Waals surface area contributed by atoms with Gasteiger partial charge in [0.1, 0.15) is 5.70 Å². The molecule has 2 aliphatic heterocycles. The number of hydrazine groups is 2. The van der Waals surface area contributed by atoms with Crippen LogP contribution in [0.2, 0.25) is 0 Å². The highest BCUT2D eigenvalue weighted by molar-refractivity contribution is 9.15. The van der Waals surface area contributed by atoms with E-state index in [4.69, 9.17) is 0 Å². The Morgan fingerprint density at radius 1 is 0.962 bits per heavy atom. The molecule has 9 heteroatoms. The minimum Gasteiger partial charge on any atom is -0.492 e. The first kappa shape index (κ1) is 18.3. The Morgan fingerprint density at radius 2 is 1.62 bits per heavy atom. The van der Waals surface area contributed by atoms with Crippen molar-refractivity contribution in [2.45, 2.75) is 6.18 Å². The Hall–Kier alpha value is -2.49.